The summed E-state index contributed by atoms with van der Waals surface area (Å²) in [4.78, 5) is 14.5. The van der Waals surface area contributed by atoms with Crippen molar-refractivity contribution >= 4 is 23.2 Å². The average molecular weight is 308 g/mol. The van der Waals surface area contributed by atoms with E-state index in [9.17, 15) is 4.79 Å². The van der Waals surface area contributed by atoms with Crippen molar-refractivity contribution in [2.75, 3.05) is 13.1 Å². The minimum absolute atomic E-state index is 0.147. The summed E-state index contributed by atoms with van der Waals surface area (Å²) in [5, 5.41) is 3.58. The molecule has 0 atom stereocenters. The molecule has 1 amide bonds. The Hall–Kier alpha value is -0.640. The number of hydrogen-bond donors (Lipinski definition) is 1. The summed E-state index contributed by atoms with van der Waals surface area (Å²) >= 11 is 5.35. The fourth-order valence-corrected chi connectivity index (χ4v) is 5.97. The molecule has 4 saturated carbocycles. The molecule has 0 spiro atoms. The van der Waals surface area contributed by atoms with E-state index in [0.717, 1.165) is 30.8 Å². The molecule has 0 saturated heterocycles. The number of rotatable bonds is 4. The summed E-state index contributed by atoms with van der Waals surface area (Å²) in [6, 6.07) is 0. The van der Waals surface area contributed by atoms with Crippen LogP contribution in [0.1, 0.15) is 58.8 Å². The van der Waals surface area contributed by atoms with E-state index in [1.54, 1.807) is 0 Å². The second-order valence-electron chi connectivity index (χ2n) is 7.62. The van der Waals surface area contributed by atoms with Crippen LogP contribution in [0.3, 0.4) is 0 Å². The van der Waals surface area contributed by atoms with Crippen LogP contribution in [0.15, 0.2) is 0 Å². The minimum Gasteiger partial charge on any atom is -0.350 e. The standard InChI is InChI=1S/C17H28N2OS/c1-3-19(4-2)16(21)18-15(20)11-17-8-12-5-13(9-17)7-14(6-12)10-17/h12-14H,3-11H2,1-2H3,(H,18,20,21). The zero-order chi connectivity index (χ0) is 15.0. The SMILES string of the molecule is CCN(CC)C(=S)NC(=O)CC12CC3CC(CC(C3)C1)C2. The van der Waals surface area contributed by atoms with E-state index in [4.69, 9.17) is 12.2 Å². The van der Waals surface area contributed by atoms with Crippen LogP contribution in [-0.2, 0) is 4.79 Å². The van der Waals surface area contributed by atoms with Crippen molar-refractivity contribution in [3.8, 4) is 0 Å². The Balaban J connectivity index is 1.59. The molecule has 4 aliphatic rings. The third-order valence-electron chi connectivity index (χ3n) is 6.00. The van der Waals surface area contributed by atoms with Gasteiger partial charge in [-0.3, -0.25) is 4.79 Å². The number of amides is 1. The monoisotopic (exact) mass is 308 g/mol. The van der Waals surface area contributed by atoms with Gasteiger partial charge in [0.1, 0.15) is 0 Å². The van der Waals surface area contributed by atoms with E-state index in [-0.39, 0.29) is 5.91 Å². The first-order valence-corrected chi connectivity index (χ1v) is 9.03. The lowest BCUT2D eigenvalue weighted by Crippen LogP contribution is -2.49. The van der Waals surface area contributed by atoms with Crippen LogP contribution in [-0.4, -0.2) is 29.0 Å². The number of nitrogens with zero attached hydrogens (tertiary/aromatic N) is 1. The number of thiocarbonyl (C=S) groups is 1. The number of carbonyl (C=O) groups is 1. The van der Waals surface area contributed by atoms with E-state index >= 15 is 0 Å². The maximum atomic E-state index is 12.4. The van der Waals surface area contributed by atoms with Crippen LogP contribution < -0.4 is 5.32 Å². The molecule has 0 radical (unpaired) electrons. The molecule has 4 heteroatoms. The summed E-state index contributed by atoms with van der Waals surface area (Å²) < 4.78 is 0. The second-order valence-corrected chi connectivity index (χ2v) is 8.01. The van der Waals surface area contributed by atoms with E-state index in [1.807, 2.05) is 4.90 Å². The maximum absolute atomic E-state index is 12.4. The van der Waals surface area contributed by atoms with Crippen LogP contribution in [0.4, 0.5) is 0 Å². The first-order chi connectivity index (χ1) is 10.0. The van der Waals surface area contributed by atoms with Crippen molar-refractivity contribution < 1.29 is 4.79 Å². The summed E-state index contributed by atoms with van der Waals surface area (Å²) in [5.74, 6) is 2.85. The van der Waals surface area contributed by atoms with E-state index < -0.39 is 0 Å². The first kappa shape index (κ1) is 15.3. The lowest BCUT2D eigenvalue weighted by atomic mass is 9.49. The van der Waals surface area contributed by atoms with Crippen molar-refractivity contribution in [1.29, 1.82) is 0 Å². The van der Waals surface area contributed by atoms with Crippen LogP contribution in [0.25, 0.3) is 0 Å². The van der Waals surface area contributed by atoms with Gasteiger partial charge in [0.25, 0.3) is 0 Å². The molecule has 4 fully saturated rings. The molecule has 4 rings (SSSR count). The van der Waals surface area contributed by atoms with E-state index in [1.165, 1.54) is 38.5 Å². The highest BCUT2D eigenvalue weighted by Crippen LogP contribution is 2.61. The molecule has 118 valence electrons. The molecule has 21 heavy (non-hydrogen) atoms. The Morgan fingerprint density at radius 1 is 1.10 bits per heavy atom. The summed E-state index contributed by atoms with van der Waals surface area (Å²) in [7, 11) is 0. The Labute approximate surface area is 133 Å². The van der Waals surface area contributed by atoms with Crippen molar-refractivity contribution in [3.05, 3.63) is 0 Å². The highest BCUT2D eigenvalue weighted by Gasteiger charge is 2.51. The van der Waals surface area contributed by atoms with Gasteiger partial charge in [-0.15, -0.1) is 0 Å². The number of nitrogens with one attached hydrogen (secondary N) is 1. The maximum Gasteiger partial charge on any atom is 0.226 e. The van der Waals surface area contributed by atoms with Crippen LogP contribution >= 0.6 is 12.2 Å². The second kappa shape index (κ2) is 5.86. The predicted octanol–water partition coefficient (Wildman–Crippen LogP) is 3.34. The quantitative estimate of drug-likeness (QED) is 0.809. The third-order valence-corrected chi connectivity index (χ3v) is 6.36. The normalized spacial score (nSPS) is 36.6. The van der Waals surface area contributed by atoms with Gasteiger partial charge < -0.3 is 10.2 Å². The van der Waals surface area contributed by atoms with Gasteiger partial charge >= 0.3 is 0 Å². The molecule has 4 aliphatic carbocycles. The Kier molecular flexibility index (Phi) is 4.26. The lowest BCUT2D eigenvalue weighted by molar-refractivity contribution is -0.128. The largest absolute Gasteiger partial charge is 0.350 e. The molecule has 1 N–H and O–H groups in total. The smallest absolute Gasteiger partial charge is 0.226 e. The van der Waals surface area contributed by atoms with Crippen molar-refractivity contribution in [3.63, 3.8) is 0 Å². The molecule has 0 aromatic heterocycles. The average Bonchev–Trinajstić information content (AvgIpc) is 2.37. The van der Waals surface area contributed by atoms with Crippen molar-refractivity contribution in [1.82, 2.24) is 10.2 Å². The fraction of sp³-hybridized carbons (Fsp3) is 0.882. The molecule has 0 heterocycles. The first-order valence-electron chi connectivity index (χ1n) is 8.62. The molecular weight excluding hydrogens is 280 g/mol. The van der Waals surface area contributed by atoms with Gasteiger partial charge in [-0.25, -0.2) is 0 Å². The van der Waals surface area contributed by atoms with Gasteiger partial charge in [-0.05, 0) is 87.8 Å². The highest BCUT2D eigenvalue weighted by atomic mass is 32.1. The number of carbonyl (C=O) groups excluding carboxylic acids is 1. The Morgan fingerprint density at radius 3 is 2.00 bits per heavy atom. The fourth-order valence-electron chi connectivity index (χ4n) is 5.60. The molecule has 3 nitrogen and oxygen atoms in total. The highest BCUT2D eigenvalue weighted by molar-refractivity contribution is 7.80. The van der Waals surface area contributed by atoms with Gasteiger partial charge in [-0.2, -0.15) is 0 Å². The zero-order valence-electron chi connectivity index (χ0n) is 13.4. The molecule has 0 aliphatic heterocycles. The van der Waals surface area contributed by atoms with E-state index in [0.29, 0.717) is 16.9 Å². The topological polar surface area (TPSA) is 32.3 Å². The van der Waals surface area contributed by atoms with Gasteiger partial charge in [0.2, 0.25) is 5.91 Å². The number of hydrogen-bond acceptors (Lipinski definition) is 2. The van der Waals surface area contributed by atoms with Crippen LogP contribution in [0, 0.1) is 23.2 Å². The van der Waals surface area contributed by atoms with Gasteiger partial charge in [0.05, 0.1) is 0 Å². The molecular formula is C17H28N2OS. The molecule has 0 aromatic rings. The van der Waals surface area contributed by atoms with Crippen molar-refractivity contribution in [2.24, 2.45) is 23.2 Å². The summed E-state index contributed by atoms with van der Waals surface area (Å²) in [6.45, 7) is 5.85. The predicted molar refractivity (Wildman–Crippen MR) is 88.9 cm³/mol. The third kappa shape index (κ3) is 3.10. The van der Waals surface area contributed by atoms with Gasteiger partial charge in [-0.1, -0.05) is 0 Å². The zero-order valence-corrected chi connectivity index (χ0v) is 14.2. The van der Waals surface area contributed by atoms with E-state index in [2.05, 4.69) is 19.2 Å². The molecule has 0 aromatic carbocycles. The van der Waals surface area contributed by atoms with Crippen LogP contribution in [0.5, 0.6) is 0 Å². The Bertz CT molecular complexity index is 395. The van der Waals surface area contributed by atoms with Gasteiger partial charge in [0.15, 0.2) is 5.11 Å². The molecule has 4 bridgehead atoms. The van der Waals surface area contributed by atoms with Crippen LogP contribution in [0.2, 0.25) is 0 Å². The van der Waals surface area contributed by atoms with Crippen molar-refractivity contribution in [2.45, 2.75) is 58.8 Å². The minimum atomic E-state index is 0.147. The van der Waals surface area contributed by atoms with Gasteiger partial charge in [0, 0.05) is 19.5 Å². The summed E-state index contributed by atoms with van der Waals surface area (Å²) in [6.07, 6.45) is 8.83. The Morgan fingerprint density at radius 2 is 1.57 bits per heavy atom. The summed E-state index contributed by atoms with van der Waals surface area (Å²) in [5.41, 5.74) is 0.303. The lowest BCUT2D eigenvalue weighted by Gasteiger charge is -2.56. The molecule has 0 unspecified atom stereocenters.